The van der Waals surface area contributed by atoms with Gasteiger partial charge in [-0.05, 0) is 34.1 Å². The number of benzene rings is 1. The molecule has 0 saturated heterocycles. The van der Waals surface area contributed by atoms with E-state index in [1.165, 1.54) is 18.0 Å². The smallest absolute Gasteiger partial charge is 0.254 e. The zero-order valence-corrected chi connectivity index (χ0v) is 12.9. The van der Waals surface area contributed by atoms with Crippen LogP contribution in [-0.2, 0) is 9.53 Å². The third-order valence-corrected chi connectivity index (χ3v) is 3.22. The summed E-state index contributed by atoms with van der Waals surface area (Å²) in [6, 6.07) is 4.51. The number of rotatable bonds is 6. The van der Waals surface area contributed by atoms with Gasteiger partial charge in [0, 0.05) is 26.3 Å². The van der Waals surface area contributed by atoms with Crippen molar-refractivity contribution in [2.24, 2.45) is 0 Å². The molecule has 1 rings (SSSR count). The van der Waals surface area contributed by atoms with E-state index in [2.05, 4.69) is 21.2 Å². The van der Waals surface area contributed by atoms with E-state index in [4.69, 9.17) is 4.74 Å². The predicted molar refractivity (Wildman–Crippen MR) is 77.7 cm³/mol. The predicted octanol–water partition coefficient (Wildman–Crippen LogP) is 0.989. The highest BCUT2D eigenvalue weighted by molar-refractivity contribution is 9.10. The van der Waals surface area contributed by atoms with Gasteiger partial charge in [0.2, 0.25) is 5.91 Å². The second-order valence-corrected chi connectivity index (χ2v) is 5.02. The number of ether oxygens (including phenoxy) is 1. The monoisotopic (exact) mass is 344 g/mol. The fourth-order valence-electron chi connectivity index (χ4n) is 1.50. The SMILES string of the molecule is COCCNC(=O)CN(C)C(=O)c1ccc(Br)c(O)c1. The van der Waals surface area contributed by atoms with Crippen LogP contribution in [0.3, 0.4) is 0 Å². The Balaban J connectivity index is 2.58. The lowest BCUT2D eigenvalue weighted by molar-refractivity contribution is -0.121. The normalized spacial score (nSPS) is 10.2. The zero-order chi connectivity index (χ0) is 15.1. The number of carbonyl (C=O) groups excluding carboxylic acids is 2. The molecule has 0 atom stereocenters. The summed E-state index contributed by atoms with van der Waals surface area (Å²) in [7, 11) is 3.07. The molecule has 0 aromatic heterocycles. The van der Waals surface area contributed by atoms with E-state index in [0.717, 1.165) is 0 Å². The van der Waals surface area contributed by atoms with Crippen molar-refractivity contribution < 1.29 is 19.4 Å². The minimum absolute atomic E-state index is 0.0196. The van der Waals surface area contributed by atoms with Crippen molar-refractivity contribution in [3.05, 3.63) is 28.2 Å². The molecule has 1 aromatic carbocycles. The summed E-state index contributed by atoms with van der Waals surface area (Å²) in [5.41, 5.74) is 0.317. The number of hydrogen-bond acceptors (Lipinski definition) is 4. The first kappa shape index (κ1) is 16.5. The van der Waals surface area contributed by atoms with Gasteiger partial charge in [0.1, 0.15) is 5.75 Å². The van der Waals surface area contributed by atoms with Gasteiger partial charge in [-0.25, -0.2) is 0 Å². The van der Waals surface area contributed by atoms with Crippen LogP contribution in [-0.4, -0.2) is 55.7 Å². The number of amides is 2. The quantitative estimate of drug-likeness (QED) is 0.754. The van der Waals surface area contributed by atoms with Crippen LogP contribution in [0.1, 0.15) is 10.4 Å². The molecule has 0 aliphatic carbocycles. The van der Waals surface area contributed by atoms with Gasteiger partial charge < -0.3 is 20.1 Å². The first-order valence-corrected chi connectivity index (χ1v) is 6.74. The first-order valence-electron chi connectivity index (χ1n) is 5.95. The van der Waals surface area contributed by atoms with Gasteiger partial charge in [0.15, 0.2) is 0 Å². The molecule has 0 spiro atoms. The molecule has 110 valence electrons. The number of phenols is 1. The van der Waals surface area contributed by atoms with E-state index in [9.17, 15) is 14.7 Å². The number of aromatic hydroxyl groups is 1. The van der Waals surface area contributed by atoms with E-state index in [1.807, 2.05) is 0 Å². The van der Waals surface area contributed by atoms with Crippen molar-refractivity contribution >= 4 is 27.7 Å². The highest BCUT2D eigenvalue weighted by Crippen LogP contribution is 2.24. The second kappa shape index (κ2) is 7.86. The number of phenolic OH excluding ortho intramolecular Hbond substituents is 1. The van der Waals surface area contributed by atoms with Gasteiger partial charge in [-0.2, -0.15) is 0 Å². The van der Waals surface area contributed by atoms with Crippen LogP contribution in [0.2, 0.25) is 0 Å². The van der Waals surface area contributed by atoms with Crippen LogP contribution in [0.5, 0.6) is 5.75 Å². The van der Waals surface area contributed by atoms with Crippen LogP contribution < -0.4 is 5.32 Å². The van der Waals surface area contributed by atoms with Crippen LogP contribution in [0.25, 0.3) is 0 Å². The Bertz CT molecular complexity index is 493. The van der Waals surface area contributed by atoms with E-state index in [1.54, 1.807) is 19.2 Å². The maximum Gasteiger partial charge on any atom is 0.254 e. The summed E-state index contributed by atoms with van der Waals surface area (Å²) in [6.45, 7) is 0.764. The Hall–Kier alpha value is -1.60. The molecule has 7 heteroatoms. The largest absolute Gasteiger partial charge is 0.507 e. The first-order chi connectivity index (χ1) is 9.45. The van der Waals surface area contributed by atoms with Crippen molar-refractivity contribution in [1.82, 2.24) is 10.2 Å². The third-order valence-electron chi connectivity index (χ3n) is 2.55. The van der Waals surface area contributed by atoms with E-state index in [0.29, 0.717) is 23.2 Å². The molecule has 1 aromatic rings. The van der Waals surface area contributed by atoms with Gasteiger partial charge in [-0.15, -0.1) is 0 Å². The third kappa shape index (κ3) is 4.82. The summed E-state index contributed by atoms with van der Waals surface area (Å²) in [6.07, 6.45) is 0. The van der Waals surface area contributed by atoms with Gasteiger partial charge >= 0.3 is 0 Å². The second-order valence-electron chi connectivity index (χ2n) is 4.17. The molecular weight excluding hydrogens is 328 g/mol. The lowest BCUT2D eigenvalue weighted by Gasteiger charge is -2.17. The zero-order valence-electron chi connectivity index (χ0n) is 11.4. The Labute approximate surface area is 125 Å². The van der Waals surface area contributed by atoms with Gasteiger partial charge in [-0.3, -0.25) is 9.59 Å². The van der Waals surface area contributed by atoms with Crippen molar-refractivity contribution in [3.63, 3.8) is 0 Å². The van der Waals surface area contributed by atoms with E-state index in [-0.39, 0.29) is 24.1 Å². The van der Waals surface area contributed by atoms with Crippen molar-refractivity contribution in [1.29, 1.82) is 0 Å². The summed E-state index contributed by atoms with van der Waals surface area (Å²) in [5, 5.41) is 12.2. The molecule has 0 aliphatic rings. The number of hydrogen-bond donors (Lipinski definition) is 2. The highest BCUT2D eigenvalue weighted by atomic mass is 79.9. The topological polar surface area (TPSA) is 78.9 Å². The molecule has 0 unspecified atom stereocenters. The lowest BCUT2D eigenvalue weighted by Crippen LogP contribution is -2.39. The molecule has 6 nitrogen and oxygen atoms in total. The molecular formula is C13H17BrN2O4. The van der Waals surface area contributed by atoms with Crippen molar-refractivity contribution in [2.45, 2.75) is 0 Å². The molecule has 2 amide bonds. The maximum atomic E-state index is 12.1. The number of nitrogens with zero attached hydrogens (tertiary/aromatic N) is 1. The average Bonchev–Trinajstić information content (AvgIpc) is 2.41. The molecule has 0 saturated carbocycles. The number of methoxy groups -OCH3 is 1. The number of nitrogens with one attached hydrogen (secondary N) is 1. The minimum atomic E-state index is -0.338. The van der Waals surface area contributed by atoms with Crippen LogP contribution in [0, 0.1) is 0 Å². The van der Waals surface area contributed by atoms with Gasteiger partial charge in [0.25, 0.3) is 5.91 Å². The summed E-state index contributed by atoms with van der Waals surface area (Å²) < 4.78 is 5.32. The van der Waals surface area contributed by atoms with E-state index >= 15 is 0 Å². The summed E-state index contributed by atoms with van der Waals surface area (Å²) in [5.74, 6) is -0.622. The molecule has 2 N–H and O–H groups in total. The fourth-order valence-corrected chi connectivity index (χ4v) is 1.75. The van der Waals surface area contributed by atoms with Crippen LogP contribution >= 0.6 is 15.9 Å². The van der Waals surface area contributed by atoms with Gasteiger partial charge in [0.05, 0.1) is 17.6 Å². The van der Waals surface area contributed by atoms with Crippen LogP contribution in [0.4, 0.5) is 0 Å². The lowest BCUT2D eigenvalue weighted by atomic mass is 10.2. The van der Waals surface area contributed by atoms with Crippen molar-refractivity contribution in [3.8, 4) is 5.75 Å². The van der Waals surface area contributed by atoms with Crippen LogP contribution in [0.15, 0.2) is 22.7 Å². The molecule has 0 fully saturated rings. The number of carbonyl (C=O) groups is 2. The maximum absolute atomic E-state index is 12.1. The number of likely N-dealkylation sites (N-methyl/N-ethyl adjacent to an activating group) is 1. The minimum Gasteiger partial charge on any atom is -0.507 e. The molecule has 0 heterocycles. The van der Waals surface area contributed by atoms with Crippen molar-refractivity contribution in [2.75, 3.05) is 33.9 Å². The molecule has 0 bridgehead atoms. The Morgan fingerprint density at radius 3 is 2.75 bits per heavy atom. The standard InChI is InChI=1S/C13H17BrN2O4/c1-16(8-12(18)15-5-6-20-2)13(19)9-3-4-10(14)11(17)7-9/h3-4,7,17H,5-6,8H2,1-2H3,(H,15,18). The summed E-state index contributed by atoms with van der Waals surface area (Å²) in [4.78, 5) is 24.9. The Morgan fingerprint density at radius 1 is 1.45 bits per heavy atom. The Morgan fingerprint density at radius 2 is 2.15 bits per heavy atom. The summed E-state index contributed by atoms with van der Waals surface area (Å²) >= 11 is 3.14. The fraction of sp³-hybridized carbons (Fsp3) is 0.385. The number of halogens is 1. The Kier molecular flexibility index (Phi) is 6.47. The molecule has 0 aliphatic heterocycles. The molecule has 0 radical (unpaired) electrons. The molecule has 20 heavy (non-hydrogen) atoms. The van der Waals surface area contributed by atoms with E-state index < -0.39 is 0 Å². The average molecular weight is 345 g/mol. The van der Waals surface area contributed by atoms with Gasteiger partial charge in [-0.1, -0.05) is 0 Å². The highest BCUT2D eigenvalue weighted by Gasteiger charge is 2.15.